The molecular formula is C16H20N2O3. The van der Waals surface area contributed by atoms with Crippen LogP contribution < -0.4 is 5.69 Å². The Morgan fingerprint density at radius 2 is 2.00 bits per heavy atom. The number of hydrogen-bond donors (Lipinski definition) is 0. The summed E-state index contributed by atoms with van der Waals surface area (Å²) < 4.78 is 8.78. The number of carbonyl (C=O) groups excluding carboxylic acids is 1. The number of carbonyl (C=O) groups is 1. The number of Topliss-reactive ketones (excluding diaryl/α,β-unsaturated/α-hetero) is 1. The largest absolute Gasteiger partial charge is 0.377 e. The molecule has 1 aliphatic rings. The third kappa shape index (κ3) is 2.12. The zero-order valence-corrected chi connectivity index (χ0v) is 12.6. The fourth-order valence-electron chi connectivity index (χ4n) is 3.22. The Labute approximate surface area is 123 Å². The maximum Gasteiger partial charge on any atom is 0.328 e. The summed E-state index contributed by atoms with van der Waals surface area (Å²) in [6, 6.07) is 5.49. The first kappa shape index (κ1) is 14.1. The van der Waals surface area contributed by atoms with Crippen LogP contribution in [0.5, 0.6) is 0 Å². The van der Waals surface area contributed by atoms with Crippen LogP contribution in [0, 0.1) is 5.92 Å². The van der Waals surface area contributed by atoms with Gasteiger partial charge in [0.1, 0.15) is 0 Å². The number of rotatable bonds is 3. The van der Waals surface area contributed by atoms with E-state index in [9.17, 15) is 9.59 Å². The van der Waals surface area contributed by atoms with Crippen molar-refractivity contribution in [2.45, 2.75) is 25.9 Å². The second kappa shape index (κ2) is 5.15. The number of imidazole rings is 1. The summed E-state index contributed by atoms with van der Waals surface area (Å²) in [6.45, 7) is 2.70. The van der Waals surface area contributed by atoms with Gasteiger partial charge in [0.2, 0.25) is 0 Å². The van der Waals surface area contributed by atoms with Crippen molar-refractivity contribution in [3.05, 3.63) is 34.2 Å². The van der Waals surface area contributed by atoms with Crippen LogP contribution in [0.2, 0.25) is 0 Å². The normalized spacial score (nSPS) is 22.0. The van der Waals surface area contributed by atoms with Gasteiger partial charge in [-0.05, 0) is 31.0 Å². The first-order valence-electron chi connectivity index (χ1n) is 7.36. The topological polar surface area (TPSA) is 53.2 Å². The summed E-state index contributed by atoms with van der Waals surface area (Å²) in [5.74, 6) is 0.0609. The quantitative estimate of drug-likeness (QED) is 0.810. The van der Waals surface area contributed by atoms with Crippen LogP contribution in [0.25, 0.3) is 11.0 Å². The number of fused-ring (bicyclic) bond motifs is 1. The molecule has 2 unspecified atom stereocenters. The van der Waals surface area contributed by atoms with E-state index in [4.69, 9.17) is 4.74 Å². The molecule has 0 N–H and O–H groups in total. The van der Waals surface area contributed by atoms with Gasteiger partial charge in [0.15, 0.2) is 5.78 Å². The van der Waals surface area contributed by atoms with E-state index >= 15 is 0 Å². The molecule has 1 saturated heterocycles. The van der Waals surface area contributed by atoms with Crippen LogP contribution in [0.3, 0.4) is 0 Å². The lowest BCUT2D eigenvalue weighted by molar-refractivity contribution is 0.0689. The molecular weight excluding hydrogens is 268 g/mol. The van der Waals surface area contributed by atoms with Gasteiger partial charge in [0.05, 0.1) is 23.1 Å². The van der Waals surface area contributed by atoms with Gasteiger partial charge in [0.25, 0.3) is 0 Å². The highest BCUT2D eigenvalue weighted by atomic mass is 16.5. The molecule has 1 aromatic carbocycles. The van der Waals surface area contributed by atoms with Gasteiger partial charge in [-0.15, -0.1) is 0 Å². The van der Waals surface area contributed by atoms with Crippen molar-refractivity contribution in [3.8, 4) is 0 Å². The molecule has 5 nitrogen and oxygen atoms in total. The highest BCUT2D eigenvalue weighted by molar-refractivity contribution is 6.00. The van der Waals surface area contributed by atoms with Crippen molar-refractivity contribution in [1.29, 1.82) is 0 Å². The molecule has 112 valence electrons. The van der Waals surface area contributed by atoms with Gasteiger partial charge in [0, 0.05) is 26.3 Å². The fourth-order valence-corrected chi connectivity index (χ4v) is 3.22. The van der Waals surface area contributed by atoms with Crippen molar-refractivity contribution in [2.75, 3.05) is 6.61 Å². The van der Waals surface area contributed by atoms with E-state index in [1.54, 1.807) is 23.2 Å². The number of ketones is 1. The summed E-state index contributed by atoms with van der Waals surface area (Å²) in [5.41, 5.74) is 2.22. The molecule has 2 heterocycles. The molecule has 2 aromatic rings. The Kier molecular flexibility index (Phi) is 3.45. The number of hydrogen-bond acceptors (Lipinski definition) is 3. The molecule has 5 heteroatoms. The lowest BCUT2D eigenvalue weighted by Crippen LogP contribution is -2.23. The van der Waals surface area contributed by atoms with Crippen LogP contribution in [-0.2, 0) is 18.8 Å². The second-order valence-corrected chi connectivity index (χ2v) is 5.68. The van der Waals surface area contributed by atoms with Crippen LogP contribution in [-0.4, -0.2) is 27.6 Å². The second-order valence-electron chi connectivity index (χ2n) is 5.68. The van der Waals surface area contributed by atoms with E-state index < -0.39 is 0 Å². The van der Waals surface area contributed by atoms with Crippen LogP contribution in [0.15, 0.2) is 23.0 Å². The lowest BCUT2D eigenvalue weighted by Gasteiger charge is -2.15. The minimum atomic E-state index is -0.0785. The first-order chi connectivity index (χ1) is 10.0. The van der Waals surface area contributed by atoms with E-state index in [0.29, 0.717) is 12.2 Å². The van der Waals surface area contributed by atoms with E-state index in [1.165, 1.54) is 0 Å². The smallest absolute Gasteiger partial charge is 0.328 e. The van der Waals surface area contributed by atoms with Crippen LogP contribution in [0.1, 0.15) is 30.1 Å². The summed E-state index contributed by atoms with van der Waals surface area (Å²) in [6.07, 6.45) is 1.65. The summed E-state index contributed by atoms with van der Waals surface area (Å²) >= 11 is 0. The Hall–Kier alpha value is -1.88. The number of nitrogens with zero attached hydrogens (tertiary/aromatic N) is 2. The van der Waals surface area contributed by atoms with Gasteiger partial charge in [-0.1, -0.05) is 6.92 Å². The maximum atomic E-state index is 12.7. The van der Waals surface area contributed by atoms with Gasteiger partial charge in [-0.2, -0.15) is 0 Å². The lowest BCUT2D eigenvalue weighted by atomic mass is 9.90. The van der Waals surface area contributed by atoms with E-state index in [-0.39, 0.29) is 23.5 Å². The fraction of sp³-hybridized carbons (Fsp3) is 0.500. The number of aromatic nitrogens is 2. The Morgan fingerprint density at radius 3 is 2.71 bits per heavy atom. The minimum absolute atomic E-state index is 0.0211. The summed E-state index contributed by atoms with van der Waals surface area (Å²) in [4.78, 5) is 24.6. The Bertz CT molecular complexity index is 757. The summed E-state index contributed by atoms with van der Waals surface area (Å²) in [7, 11) is 3.47. The van der Waals surface area contributed by atoms with Crippen molar-refractivity contribution in [3.63, 3.8) is 0 Å². The van der Waals surface area contributed by atoms with E-state index in [0.717, 1.165) is 23.9 Å². The average molecular weight is 288 g/mol. The number of benzene rings is 1. The zero-order valence-electron chi connectivity index (χ0n) is 12.6. The van der Waals surface area contributed by atoms with Gasteiger partial charge in [-0.25, -0.2) is 4.79 Å². The van der Waals surface area contributed by atoms with Crippen molar-refractivity contribution in [2.24, 2.45) is 20.0 Å². The predicted molar refractivity (Wildman–Crippen MR) is 80.6 cm³/mol. The van der Waals surface area contributed by atoms with Crippen molar-refractivity contribution < 1.29 is 9.53 Å². The molecule has 3 rings (SSSR count). The van der Waals surface area contributed by atoms with Crippen molar-refractivity contribution >= 4 is 16.8 Å². The van der Waals surface area contributed by atoms with Crippen LogP contribution >= 0.6 is 0 Å². The number of ether oxygens (including phenoxy) is 1. The monoisotopic (exact) mass is 288 g/mol. The Balaban J connectivity index is 2.03. The molecule has 1 aromatic heterocycles. The van der Waals surface area contributed by atoms with Crippen molar-refractivity contribution in [1.82, 2.24) is 9.13 Å². The standard InChI is InChI=1S/C16H20N2O3/c1-4-14-11(7-8-21-14)15(19)10-5-6-12-13(9-10)18(3)16(20)17(12)2/h5-6,9,11,14H,4,7-8H2,1-3H3. The van der Waals surface area contributed by atoms with Gasteiger partial charge in [-0.3, -0.25) is 13.9 Å². The molecule has 2 atom stereocenters. The number of aryl methyl sites for hydroxylation is 2. The molecule has 1 fully saturated rings. The molecule has 0 bridgehead atoms. The SMILES string of the molecule is CCC1OCCC1C(=O)c1ccc2c(c1)n(C)c(=O)n2C. The van der Waals surface area contributed by atoms with E-state index in [1.807, 2.05) is 25.1 Å². The predicted octanol–water partition coefficient (Wildman–Crippen LogP) is 1.87. The molecule has 21 heavy (non-hydrogen) atoms. The first-order valence-corrected chi connectivity index (χ1v) is 7.36. The van der Waals surface area contributed by atoms with Gasteiger partial charge < -0.3 is 4.74 Å². The van der Waals surface area contributed by atoms with E-state index in [2.05, 4.69) is 0 Å². The molecule has 0 saturated carbocycles. The molecule has 0 aliphatic carbocycles. The third-order valence-electron chi connectivity index (χ3n) is 4.51. The Morgan fingerprint density at radius 1 is 1.29 bits per heavy atom. The molecule has 1 aliphatic heterocycles. The minimum Gasteiger partial charge on any atom is -0.377 e. The van der Waals surface area contributed by atoms with Crippen LogP contribution in [0.4, 0.5) is 0 Å². The zero-order chi connectivity index (χ0) is 15.1. The highest BCUT2D eigenvalue weighted by Crippen LogP contribution is 2.28. The molecule has 0 amide bonds. The molecule has 0 radical (unpaired) electrons. The summed E-state index contributed by atoms with van der Waals surface area (Å²) in [5, 5.41) is 0. The average Bonchev–Trinajstić information content (AvgIpc) is 3.06. The third-order valence-corrected chi connectivity index (χ3v) is 4.51. The maximum absolute atomic E-state index is 12.7. The van der Waals surface area contributed by atoms with Gasteiger partial charge >= 0.3 is 5.69 Å². The molecule has 0 spiro atoms. The highest BCUT2D eigenvalue weighted by Gasteiger charge is 2.33.